The van der Waals surface area contributed by atoms with Crippen LogP contribution in [0.1, 0.15) is 5.56 Å². The van der Waals surface area contributed by atoms with Crippen LogP contribution >= 0.6 is 23.2 Å². The lowest BCUT2D eigenvalue weighted by atomic mass is 10.1. The van der Waals surface area contributed by atoms with Gasteiger partial charge in [0.15, 0.2) is 0 Å². The van der Waals surface area contributed by atoms with Crippen LogP contribution in [0.25, 0.3) is 0 Å². The Kier molecular flexibility index (Phi) is 4.47. The van der Waals surface area contributed by atoms with E-state index in [9.17, 15) is 9.18 Å². The number of anilines is 2. The van der Waals surface area contributed by atoms with Gasteiger partial charge in [-0.15, -0.1) is 0 Å². The number of carbonyl (C=O) groups excluding carboxylic acids is 1. The lowest BCUT2D eigenvalue weighted by molar-refractivity contribution is -0.115. The molecule has 2 rings (SSSR count). The van der Waals surface area contributed by atoms with E-state index in [1.807, 2.05) is 0 Å². The van der Waals surface area contributed by atoms with Crippen molar-refractivity contribution in [2.24, 2.45) is 0 Å². The third-order valence-electron chi connectivity index (χ3n) is 2.66. The first-order valence-corrected chi connectivity index (χ1v) is 6.50. The number of amides is 1. The Morgan fingerprint density at radius 3 is 2.65 bits per heavy atom. The zero-order chi connectivity index (χ0) is 14.7. The number of nitrogens with two attached hydrogens (primary N) is 1. The molecule has 3 N–H and O–H groups in total. The Bertz CT molecular complexity index is 641. The van der Waals surface area contributed by atoms with E-state index >= 15 is 0 Å². The highest BCUT2D eigenvalue weighted by Crippen LogP contribution is 2.25. The van der Waals surface area contributed by atoms with E-state index in [0.717, 1.165) is 0 Å². The SMILES string of the molecule is Nc1ccc(Cl)c(NC(=O)Cc2c(F)cccc2Cl)c1. The summed E-state index contributed by atoms with van der Waals surface area (Å²) in [5.41, 5.74) is 6.60. The zero-order valence-corrected chi connectivity index (χ0v) is 11.8. The normalized spacial score (nSPS) is 10.3. The Morgan fingerprint density at radius 2 is 1.95 bits per heavy atom. The summed E-state index contributed by atoms with van der Waals surface area (Å²) in [6, 6.07) is 8.98. The van der Waals surface area contributed by atoms with Crippen LogP contribution in [0.5, 0.6) is 0 Å². The van der Waals surface area contributed by atoms with Crippen molar-refractivity contribution >= 4 is 40.5 Å². The summed E-state index contributed by atoms with van der Waals surface area (Å²) in [4.78, 5) is 11.9. The number of rotatable bonds is 3. The predicted octanol–water partition coefficient (Wildman–Crippen LogP) is 3.90. The summed E-state index contributed by atoms with van der Waals surface area (Å²) in [5, 5.41) is 3.14. The molecule has 0 aliphatic rings. The van der Waals surface area contributed by atoms with E-state index in [-0.39, 0.29) is 17.0 Å². The molecular weight excluding hydrogens is 302 g/mol. The molecule has 0 aliphatic heterocycles. The standard InChI is InChI=1S/C14H11Cl2FN2O/c15-10-2-1-3-12(17)9(10)7-14(20)19-13-6-8(18)4-5-11(13)16/h1-6H,7,18H2,(H,19,20). The Hall–Kier alpha value is -1.78. The molecule has 2 aromatic rings. The van der Waals surface area contributed by atoms with E-state index in [2.05, 4.69) is 5.32 Å². The molecule has 0 saturated carbocycles. The third-order valence-corrected chi connectivity index (χ3v) is 3.35. The molecule has 20 heavy (non-hydrogen) atoms. The monoisotopic (exact) mass is 312 g/mol. The first kappa shape index (κ1) is 14.6. The Labute approximate surface area is 125 Å². The summed E-state index contributed by atoms with van der Waals surface area (Å²) < 4.78 is 13.6. The molecule has 0 heterocycles. The van der Waals surface area contributed by atoms with E-state index in [4.69, 9.17) is 28.9 Å². The molecule has 2 aromatic carbocycles. The summed E-state index contributed by atoms with van der Waals surface area (Å²) in [5.74, 6) is -0.948. The van der Waals surface area contributed by atoms with Gasteiger partial charge in [-0.05, 0) is 30.3 Å². The number of halogens is 3. The molecule has 0 saturated heterocycles. The minimum absolute atomic E-state index is 0.145. The fourth-order valence-electron chi connectivity index (χ4n) is 1.69. The van der Waals surface area contributed by atoms with Gasteiger partial charge < -0.3 is 11.1 Å². The molecule has 0 radical (unpaired) electrons. The van der Waals surface area contributed by atoms with Crippen molar-refractivity contribution in [3.63, 3.8) is 0 Å². The lowest BCUT2D eigenvalue weighted by Gasteiger charge is -2.09. The van der Waals surface area contributed by atoms with Crippen LogP contribution in [0.15, 0.2) is 36.4 Å². The largest absolute Gasteiger partial charge is 0.399 e. The predicted molar refractivity (Wildman–Crippen MR) is 79.6 cm³/mol. The van der Waals surface area contributed by atoms with Crippen molar-refractivity contribution in [1.82, 2.24) is 0 Å². The number of hydrogen-bond acceptors (Lipinski definition) is 2. The van der Waals surface area contributed by atoms with Gasteiger partial charge in [0, 0.05) is 16.3 Å². The van der Waals surface area contributed by atoms with E-state index < -0.39 is 11.7 Å². The molecule has 1 amide bonds. The second-order valence-corrected chi connectivity index (χ2v) is 4.98. The average Bonchev–Trinajstić information content (AvgIpc) is 2.38. The van der Waals surface area contributed by atoms with Gasteiger partial charge >= 0.3 is 0 Å². The second kappa shape index (κ2) is 6.11. The van der Waals surface area contributed by atoms with E-state index in [0.29, 0.717) is 16.4 Å². The highest BCUT2D eigenvalue weighted by Gasteiger charge is 2.13. The summed E-state index contributed by atoms with van der Waals surface area (Å²) in [6.45, 7) is 0. The minimum Gasteiger partial charge on any atom is -0.399 e. The van der Waals surface area contributed by atoms with Gasteiger partial charge in [-0.1, -0.05) is 29.3 Å². The van der Waals surface area contributed by atoms with Gasteiger partial charge in [0.1, 0.15) is 5.82 Å². The van der Waals surface area contributed by atoms with Crippen molar-refractivity contribution in [2.75, 3.05) is 11.1 Å². The van der Waals surface area contributed by atoms with Crippen molar-refractivity contribution in [3.05, 3.63) is 57.8 Å². The summed E-state index contributed by atoms with van der Waals surface area (Å²) in [6.07, 6.45) is -0.184. The molecule has 0 aliphatic carbocycles. The van der Waals surface area contributed by atoms with Crippen LogP contribution in [0.4, 0.5) is 15.8 Å². The Morgan fingerprint density at radius 1 is 1.20 bits per heavy atom. The Balaban J connectivity index is 2.15. The molecule has 0 atom stereocenters. The molecule has 0 spiro atoms. The first-order valence-electron chi connectivity index (χ1n) is 5.75. The van der Waals surface area contributed by atoms with Crippen LogP contribution < -0.4 is 11.1 Å². The number of benzene rings is 2. The summed E-state index contributed by atoms with van der Waals surface area (Å²) >= 11 is 11.8. The highest BCUT2D eigenvalue weighted by atomic mass is 35.5. The minimum atomic E-state index is -0.522. The topological polar surface area (TPSA) is 55.1 Å². The van der Waals surface area contributed by atoms with Gasteiger partial charge in [0.2, 0.25) is 5.91 Å². The molecule has 0 bridgehead atoms. The van der Waals surface area contributed by atoms with Gasteiger partial charge in [-0.3, -0.25) is 4.79 Å². The highest BCUT2D eigenvalue weighted by molar-refractivity contribution is 6.34. The van der Waals surface area contributed by atoms with Crippen molar-refractivity contribution < 1.29 is 9.18 Å². The average molecular weight is 313 g/mol. The molecule has 3 nitrogen and oxygen atoms in total. The quantitative estimate of drug-likeness (QED) is 0.845. The number of nitrogen functional groups attached to an aromatic ring is 1. The number of nitrogens with one attached hydrogen (secondary N) is 1. The lowest BCUT2D eigenvalue weighted by Crippen LogP contribution is -2.16. The third kappa shape index (κ3) is 3.40. The molecule has 104 valence electrons. The maximum absolute atomic E-state index is 13.6. The van der Waals surface area contributed by atoms with Gasteiger partial charge in [0.25, 0.3) is 0 Å². The van der Waals surface area contributed by atoms with Crippen LogP contribution in [0, 0.1) is 5.82 Å². The number of hydrogen-bond donors (Lipinski definition) is 2. The number of carbonyl (C=O) groups is 1. The van der Waals surface area contributed by atoms with E-state index in [1.54, 1.807) is 12.1 Å². The van der Waals surface area contributed by atoms with Crippen LogP contribution in [0.3, 0.4) is 0 Å². The second-order valence-electron chi connectivity index (χ2n) is 4.16. The molecule has 6 heteroatoms. The van der Waals surface area contributed by atoms with Crippen LogP contribution in [-0.4, -0.2) is 5.91 Å². The zero-order valence-electron chi connectivity index (χ0n) is 10.3. The van der Waals surface area contributed by atoms with Crippen LogP contribution in [0.2, 0.25) is 10.0 Å². The molecule has 0 aromatic heterocycles. The maximum atomic E-state index is 13.6. The maximum Gasteiger partial charge on any atom is 0.229 e. The summed E-state index contributed by atoms with van der Waals surface area (Å²) in [7, 11) is 0. The van der Waals surface area contributed by atoms with Gasteiger partial charge in [-0.2, -0.15) is 0 Å². The molecule has 0 fully saturated rings. The first-order chi connectivity index (χ1) is 9.47. The van der Waals surface area contributed by atoms with E-state index in [1.165, 1.54) is 24.3 Å². The fraction of sp³-hybridized carbons (Fsp3) is 0.0714. The smallest absolute Gasteiger partial charge is 0.229 e. The van der Waals surface area contributed by atoms with Crippen molar-refractivity contribution in [1.29, 1.82) is 0 Å². The fourth-order valence-corrected chi connectivity index (χ4v) is 2.09. The van der Waals surface area contributed by atoms with Crippen molar-refractivity contribution in [2.45, 2.75) is 6.42 Å². The van der Waals surface area contributed by atoms with Gasteiger partial charge in [-0.25, -0.2) is 4.39 Å². The van der Waals surface area contributed by atoms with Gasteiger partial charge in [0.05, 0.1) is 17.1 Å². The van der Waals surface area contributed by atoms with Crippen molar-refractivity contribution in [3.8, 4) is 0 Å². The molecular formula is C14H11Cl2FN2O. The van der Waals surface area contributed by atoms with Crippen LogP contribution in [-0.2, 0) is 11.2 Å². The molecule has 0 unspecified atom stereocenters.